The molecule has 0 radical (unpaired) electrons. The third kappa shape index (κ3) is 3.16. The Morgan fingerprint density at radius 3 is 2.81 bits per heavy atom. The summed E-state index contributed by atoms with van der Waals surface area (Å²) < 4.78 is 15.3. The van der Waals surface area contributed by atoms with Crippen LogP contribution in [0.15, 0.2) is 48.1 Å². The molecule has 0 bridgehead atoms. The van der Waals surface area contributed by atoms with Crippen LogP contribution >= 0.6 is 11.3 Å². The SMILES string of the molecule is C[C@H](O)CNc1nccc(-c2c(-c3ccc(F)cc3)nc3sccn23)n1. The Morgan fingerprint density at radius 2 is 2.04 bits per heavy atom. The molecule has 0 saturated heterocycles. The molecule has 0 aliphatic rings. The highest BCUT2D eigenvalue weighted by atomic mass is 32.1. The number of hydrogen-bond acceptors (Lipinski definition) is 6. The number of rotatable bonds is 5. The molecule has 0 unspecified atom stereocenters. The normalized spacial score (nSPS) is 12.4. The summed E-state index contributed by atoms with van der Waals surface area (Å²) in [7, 11) is 0. The summed E-state index contributed by atoms with van der Waals surface area (Å²) in [6.07, 6.45) is 3.09. The van der Waals surface area contributed by atoms with Crippen LogP contribution < -0.4 is 5.32 Å². The molecule has 0 fully saturated rings. The van der Waals surface area contributed by atoms with Gasteiger partial charge in [-0.05, 0) is 37.3 Å². The van der Waals surface area contributed by atoms with Crippen molar-refractivity contribution in [1.29, 1.82) is 0 Å². The lowest BCUT2D eigenvalue weighted by atomic mass is 10.1. The number of fused-ring (bicyclic) bond motifs is 1. The van der Waals surface area contributed by atoms with Crippen molar-refractivity contribution in [1.82, 2.24) is 19.4 Å². The number of nitrogens with zero attached hydrogens (tertiary/aromatic N) is 4. The van der Waals surface area contributed by atoms with E-state index in [9.17, 15) is 9.50 Å². The van der Waals surface area contributed by atoms with Gasteiger partial charge in [0.25, 0.3) is 0 Å². The summed E-state index contributed by atoms with van der Waals surface area (Å²) in [4.78, 5) is 14.3. The van der Waals surface area contributed by atoms with Crippen molar-refractivity contribution in [3.05, 3.63) is 53.9 Å². The van der Waals surface area contributed by atoms with E-state index in [1.54, 1.807) is 25.3 Å². The summed E-state index contributed by atoms with van der Waals surface area (Å²) in [6, 6.07) is 8.06. The fourth-order valence-corrected chi connectivity index (χ4v) is 3.37. The number of nitrogens with one attached hydrogen (secondary N) is 1. The minimum absolute atomic E-state index is 0.289. The van der Waals surface area contributed by atoms with E-state index in [0.717, 1.165) is 21.9 Å². The van der Waals surface area contributed by atoms with Crippen molar-refractivity contribution >= 4 is 22.2 Å². The van der Waals surface area contributed by atoms with E-state index < -0.39 is 6.10 Å². The molecule has 2 N–H and O–H groups in total. The van der Waals surface area contributed by atoms with Crippen LogP contribution in [0, 0.1) is 5.82 Å². The zero-order valence-electron chi connectivity index (χ0n) is 13.9. The average molecular weight is 369 g/mol. The molecule has 132 valence electrons. The van der Waals surface area contributed by atoms with Gasteiger partial charge in [0.15, 0.2) is 4.96 Å². The zero-order valence-corrected chi connectivity index (χ0v) is 14.7. The zero-order chi connectivity index (χ0) is 18.1. The largest absolute Gasteiger partial charge is 0.392 e. The average Bonchev–Trinajstić information content (AvgIpc) is 3.22. The number of hydrogen-bond donors (Lipinski definition) is 2. The molecule has 3 heterocycles. The second kappa shape index (κ2) is 6.81. The number of thiazole rings is 1. The van der Waals surface area contributed by atoms with Crippen molar-refractivity contribution < 1.29 is 9.50 Å². The second-order valence-electron chi connectivity index (χ2n) is 5.87. The molecule has 0 spiro atoms. The summed E-state index contributed by atoms with van der Waals surface area (Å²) >= 11 is 1.52. The molecule has 0 saturated carbocycles. The highest BCUT2D eigenvalue weighted by molar-refractivity contribution is 7.15. The molecular formula is C18H16FN5OS. The molecule has 8 heteroatoms. The van der Waals surface area contributed by atoms with Gasteiger partial charge in [-0.15, -0.1) is 11.3 Å². The third-order valence-electron chi connectivity index (χ3n) is 3.83. The first-order chi connectivity index (χ1) is 12.6. The fourth-order valence-electron chi connectivity index (χ4n) is 2.65. The van der Waals surface area contributed by atoms with E-state index in [4.69, 9.17) is 4.98 Å². The fraction of sp³-hybridized carbons (Fsp3) is 0.167. The molecule has 26 heavy (non-hydrogen) atoms. The minimum atomic E-state index is -0.504. The number of halogens is 1. The molecule has 4 rings (SSSR count). The van der Waals surface area contributed by atoms with Gasteiger partial charge in [-0.3, -0.25) is 4.40 Å². The van der Waals surface area contributed by atoms with Gasteiger partial charge in [-0.25, -0.2) is 19.3 Å². The van der Waals surface area contributed by atoms with Crippen LogP contribution in [0.4, 0.5) is 10.3 Å². The summed E-state index contributed by atoms with van der Waals surface area (Å²) in [5.41, 5.74) is 3.06. The van der Waals surface area contributed by atoms with Crippen LogP contribution in [0.25, 0.3) is 27.6 Å². The third-order valence-corrected chi connectivity index (χ3v) is 4.59. The monoisotopic (exact) mass is 369 g/mol. The molecular weight excluding hydrogens is 353 g/mol. The van der Waals surface area contributed by atoms with Crippen molar-refractivity contribution in [3.8, 4) is 22.6 Å². The molecule has 6 nitrogen and oxygen atoms in total. The Balaban J connectivity index is 1.83. The predicted molar refractivity (Wildman–Crippen MR) is 99.7 cm³/mol. The molecule has 0 aliphatic heterocycles. The number of aliphatic hydroxyl groups excluding tert-OH is 1. The van der Waals surface area contributed by atoms with Crippen LogP contribution in [-0.2, 0) is 0 Å². The molecule has 0 aliphatic carbocycles. The number of aliphatic hydroxyl groups is 1. The Hall–Kier alpha value is -2.84. The Bertz CT molecular complexity index is 1040. The highest BCUT2D eigenvalue weighted by Crippen LogP contribution is 2.33. The molecule has 3 aromatic heterocycles. The summed E-state index contributed by atoms with van der Waals surface area (Å²) in [6.45, 7) is 2.05. The van der Waals surface area contributed by atoms with Gasteiger partial charge in [-0.1, -0.05) is 0 Å². The van der Waals surface area contributed by atoms with Gasteiger partial charge in [0.2, 0.25) is 5.95 Å². The van der Waals surface area contributed by atoms with Crippen LogP contribution in [-0.4, -0.2) is 37.1 Å². The van der Waals surface area contributed by atoms with Gasteiger partial charge in [0.05, 0.1) is 17.5 Å². The van der Waals surface area contributed by atoms with Crippen molar-refractivity contribution in [2.45, 2.75) is 13.0 Å². The Kier molecular flexibility index (Phi) is 4.36. The highest BCUT2D eigenvalue weighted by Gasteiger charge is 2.18. The van der Waals surface area contributed by atoms with E-state index in [1.807, 2.05) is 22.0 Å². The number of benzene rings is 1. The van der Waals surface area contributed by atoms with Crippen LogP contribution in [0.1, 0.15) is 6.92 Å². The van der Waals surface area contributed by atoms with Crippen LogP contribution in [0.5, 0.6) is 0 Å². The van der Waals surface area contributed by atoms with Gasteiger partial charge >= 0.3 is 0 Å². The minimum Gasteiger partial charge on any atom is -0.392 e. The molecule has 1 atom stereocenters. The standard InChI is InChI=1S/C18H16FN5OS/c1-11(25)10-21-17-20-7-6-14(22-17)16-15(12-2-4-13(19)5-3-12)23-18-24(16)8-9-26-18/h2-9,11,25H,10H2,1H3,(H,20,21,22)/t11-/m0/s1. The van der Waals surface area contributed by atoms with Crippen molar-refractivity contribution in [2.24, 2.45) is 0 Å². The van der Waals surface area contributed by atoms with E-state index >= 15 is 0 Å². The first kappa shape index (κ1) is 16.6. The molecule has 0 amide bonds. The lowest BCUT2D eigenvalue weighted by molar-refractivity contribution is 0.208. The first-order valence-corrected chi connectivity index (χ1v) is 8.96. The quantitative estimate of drug-likeness (QED) is 0.564. The first-order valence-electron chi connectivity index (χ1n) is 8.08. The topological polar surface area (TPSA) is 75.3 Å². The van der Waals surface area contributed by atoms with Gasteiger partial charge in [-0.2, -0.15) is 0 Å². The number of aromatic nitrogens is 4. The second-order valence-corrected chi connectivity index (χ2v) is 6.74. The van der Waals surface area contributed by atoms with E-state index in [2.05, 4.69) is 15.3 Å². The number of imidazole rings is 1. The number of anilines is 1. The maximum absolute atomic E-state index is 13.3. The van der Waals surface area contributed by atoms with Crippen LogP contribution in [0.2, 0.25) is 0 Å². The lowest BCUT2D eigenvalue weighted by Crippen LogP contribution is -2.16. The smallest absolute Gasteiger partial charge is 0.223 e. The predicted octanol–water partition coefficient (Wildman–Crippen LogP) is 3.45. The van der Waals surface area contributed by atoms with Crippen LogP contribution in [0.3, 0.4) is 0 Å². The summed E-state index contributed by atoms with van der Waals surface area (Å²) in [5, 5.41) is 14.4. The summed E-state index contributed by atoms with van der Waals surface area (Å²) in [5.74, 6) is 0.140. The van der Waals surface area contributed by atoms with E-state index in [1.165, 1.54) is 23.5 Å². The van der Waals surface area contributed by atoms with Gasteiger partial charge in [0, 0.05) is 29.9 Å². The maximum atomic E-state index is 13.3. The Morgan fingerprint density at radius 1 is 1.23 bits per heavy atom. The molecule has 1 aromatic carbocycles. The lowest BCUT2D eigenvalue weighted by Gasteiger charge is -2.09. The van der Waals surface area contributed by atoms with E-state index in [0.29, 0.717) is 18.2 Å². The van der Waals surface area contributed by atoms with E-state index in [-0.39, 0.29) is 5.82 Å². The maximum Gasteiger partial charge on any atom is 0.223 e. The Labute approximate surface area is 153 Å². The van der Waals surface area contributed by atoms with Crippen molar-refractivity contribution in [2.75, 3.05) is 11.9 Å². The van der Waals surface area contributed by atoms with Gasteiger partial charge in [0.1, 0.15) is 11.5 Å². The van der Waals surface area contributed by atoms with Gasteiger partial charge < -0.3 is 10.4 Å². The van der Waals surface area contributed by atoms with Crippen molar-refractivity contribution in [3.63, 3.8) is 0 Å². The molecule has 4 aromatic rings.